The van der Waals surface area contributed by atoms with Gasteiger partial charge in [0.25, 0.3) is 5.69 Å². The summed E-state index contributed by atoms with van der Waals surface area (Å²) in [5, 5.41) is 22.7. The highest BCUT2D eigenvalue weighted by atomic mass is 16.6. The van der Waals surface area contributed by atoms with E-state index >= 15 is 0 Å². The van der Waals surface area contributed by atoms with E-state index in [1.807, 2.05) is 23.1 Å². The van der Waals surface area contributed by atoms with Crippen molar-refractivity contribution < 1.29 is 19.6 Å². The quantitative estimate of drug-likeness (QED) is 0.233. The van der Waals surface area contributed by atoms with Crippen molar-refractivity contribution in [2.75, 3.05) is 11.5 Å². The third-order valence-corrected chi connectivity index (χ3v) is 5.22. The molecular formula is C25H21N3O5. The smallest absolute Gasteiger partial charge is 0.338 e. The van der Waals surface area contributed by atoms with E-state index in [0.717, 1.165) is 11.1 Å². The third kappa shape index (κ3) is 4.59. The summed E-state index contributed by atoms with van der Waals surface area (Å²) in [6.07, 6.45) is 1.62. The molecule has 0 unspecified atom stereocenters. The number of carbonyl (C=O) groups is 1. The average molecular weight is 443 g/mol. The largest absolute Gasteiger partial charge is 0.505 e. The minimum Gasteiger partial charge on any atom is -0.505 e. The molecule has 8 nitrogen and oxygen atoms in total. The second kappa shape index (κ2) is 9.35. The van der Waals surface area contributed by atoms with Crippen molar-refractivity contribution in [2.45, 2.75) is 13.5 Å². The summed E-state index contributed by atoms with van der Waals surface area (Å²) in [5.74, 6) is -0.340. The number of benzene rings is 3. The molecule has 0 spiro atoms. The van der Waals surface area contributed by atoms with Gasteiger partial charge >= 0.3 is 5.97 Å². The van der Waals surface area contributed by atoms with Gasteiger partial charge in [0.1, 0.15) is 11.3 Å². The molecule has 1 aromatic heterocycles. The summed E-state index contributed by atoms with van der Waals surface area (Å²) in [4.78, 5) is 28.8. The number of fused-ring (bicyclic) bond motifs is 1. The Morgan fingerprint density at radius 2 is 1.70 bits per heavy atom. The molecule has 8 heteroatoms. The topological polar surface area (TPSA) is 106 Å². The van der Waals surface area contributed by atoms with E-state index < -0.39 is 10.9 Å². The number of nitro groups is 1. The van der Waals surface area contributed by atoms with Crippen molar-refractivity contribution in [1.82, 2.24) is 4.98 Å². The number of phenolic OH excluding ortho intramolecular Hbond substituents is 1. The van der Waals surface area contributed by atoms with Crippen molar-refractivity contribution >= 4 is 33.9 Å². The zero-order valence-electron chi connectivity index (χ0n) is 17.8. The second-order valence-corrected chi connectivity index (χ2v) is 7.28. The van der Waals surface area contributed by atoms with Crippen LogP contribution in [0.25, 0.3) is 10.9 Å². The van der Waals surface area contributed by atoms with E-state index in [-0.39, 0.29) is 24.6 Å². The van der Waals surface area contributed by atoms with Crippen LogP contribution in [-0.2, 0) is 11.3 Å². The zero-order valence-corrected chi connectivity index (χ0v) is 17.8. The standard InChI is InChI=1S/C25H21N3O5/c1-2-33-25(30)18-7-9-20(10-8-18)27(21-11-13-22(14-12-21)28(31)32)16-19-6-5-17-4-3-15-26-23(17)24(19)29/h3-15,29H,2,16H2,1H3. The molecule has 1 N–H and O–H groups in total. The minimum atomic E-state index is -0.455. The zero-order chi connectivity index (χ0) is 23.4. The number of rotatable bonds is 7. The van der Waals surface area contributed by atoms with Crippen LogP contribution in [0.4, 0.5) is 17.1 Å². The van der Waals surface area contributed by atoms with Gasteiger partial charge in [-0.25, -0.2) is 4.79 Å². The fourth-order valence-electron chi connectivity index (χ4n) is 3.55. The van der Waals surface area contributed by atoms with Crippen LogP contribution >= 0.6 is 0 Å². The van der Waals surface area contributed by atoms with E-state index in [1.165, 1.54) is 12.1 Å². The first-order valence-electron chi connectivity index (χ1n) is 10.3. The van der Waals surface area contributed by atoms with E-state index in [9.17, 15) is 20.0 Å². The molecule has 33 heavy (non-hydrogen) atoms. The first-order valence-corrected chi connectivity index (χ1v) is 10.3. The van der Waals surface area contributed by atoms with E-state index in [4.69, 9.17) is 4.74 Å². The van der Waals surface area contributed by atoms with Gasteiger partial charge in [-0.1, -0.05) is 18.2 Å². The normalized spacial score (nSPS) is 10.7. The summed E-state index contributed by atoms with van der Waals surface area (Å²) in [6.45, 7) is 2.30. The van der Waals surface area contributed by atoms with Crippen LogP contribution in [0.3, 0.4) is 0 Å². The van der Waals surface area contributed by atoms with Crippen LogP contribution in [0, 0.1) is 10.1 Å². The molecule has 0 bridgehead atoms. The van der Waals surface area contributed by atoms with Gasteiger partial charge in [0.05, 0.1) is 23.6 Å². The lowest BCUT2D eigenvalue weighted by atomic mass is 10.1. The van der Waals surface area contributed by atoms with E-state index in [1.54, 1.807) is 55.6 Å². The highest BCUT2D eigenvalue weighted by molar-refractivity contribution is 5.90. The molecule has 0 radical (unpaired) electrons. The Bertz CT molecular complexity index is 1300. The number of non-ortho nitro benzene ring substituents is 1. The number of nitro benzene ring substituents is 1. The van der Waals surface area contributed by atoms with Crippen molar-refractivity contribution in [3.8, 4) is 5.75 Å². The van der Waals surface area contributed by atoms with Gasteiger partial charge in [-0.2, -0.15) is 0 Å². The van der Waals surface area contributed by atoms with Gasteiger partial charge in [0.2, 0.25) is 0 Å². The van der Waals surface area contributed by atoms with Gasteiger partial charge in [0, 0.05) is 40.7 Å². The maximum atomic E-state index is 12.0. The molecule has 0 saturated carbocycles. The number of phenols is 1. The van der Waals surface area contributed by atoms with Crippen molar-refractivity contribution in [3.63, 3.8) is 0 Å². The molecule has 0 fully saturated rings. The van der Waals surface area contributed by atoms with Crippen LogP contribution < -0.4 is 4.90 Å². The Morgan fingerprint density at radius 3 is 2.33 bits per heavy atom. The van der Waals surface area contributed by atoms with Crippen LogP contribution in [0.5, 0.6) is 5.75 Å². The van der Waals surface area contributed by atoms with Gasteiger partial charge in [-0.3, -0.25) is 15.1 Å². The van der Waals surface area contributed by atoms with Crippen LogP contribution in [0.15, 0.2) is 79.0 Å². The van der Waals surface area contributed by atoms with Crippen LogP contribution in [0.1, 0.15) is 22.8 Å². The maximum Gasteiger partial charge on any atom is 0.338 e. The molecule has 3 aromatic carbocycles. The Hall–Kier alpha value is -4.46. The van der Waals surface area contributed by atoms with Gasteiger partial charge in [0.15, 0.2) is 0 Å². The Balaban J connectivity index is 1.74. The number of esters is 1. The lowest BCUT2D eigenvalue weighted by molar-refractivity contribution is -0.384. The van der Waals surface area contributed by atoms with E-state index in [2.05, 4.69) is 4.98 Å². The highest BCUT2D eigenvalue weighted by Gasteiger charge is 2.17. The molecule has 0 aliphatic heterocycles. The van der Waals surface area contributed by atoms with Gasteiger partial charge in [-0.05, 0) is 49.4 Å². The molecule has 0 aliphatic carbocycles. The average Bonchev–Trinajstić information content (AvgIpc) is 2.84. The summed E-state index contributed by atoms with van der Waals surface area (Å²) in [5.41, 5.74) is 2.95. The second-order valence-electron chi connectivity index (χ2n) is 7.28. The number of hydrogen-bond acceptors (Lipinski definition) is 7. The fourth-order valence-corrected chi connectivity index (χ4v) is 3.55. The van der Waals surface area contributed by atoms with Crippen molar-refractivity contribution in [2.24, 2.45) is 0 Å². The fraction of sp³-hybridized carbons (Fsp3) is 0.120. The first-order chi connectivity index (χ1) is 16.0. The highest BCUT2D eigenvalue weighted by Crippen LogP contribution is 2.34. The lowest BCUT2D eigenvalue weighted by Crippen LogP contribution is -2.17. The molecule has 166 valence electrons. The molecule has 1 heterocycles. The molecule has 0 saturated heterocycles. The van der Waals surface area contributed by atoms with E-state index in [0.29, 0.717) is 22.3 Å². The first kappa shape index (κ1) is 21.8. The van der Waals surface area contributed by atoms with Crippen LogP contribution in [-0.4, -0.2) is 27.6 Å². The summed E-state index contributed by atoms with van der Waals surface area (Å²) in [6, 6.07) is 20.4. The minimum absolute atomic E-state index is 0.0193. The molecule has 4 rings (SSSR count). The monoisotopic (exact) mass is 443 g/mol. The Morgan fingerprint density at radius 1 is 1.03 bits per heavy atom. The predicted octanol–water partition coefficient (Wildman–Crippen LogP) is 5.36. The number of carbonyl (C=O) groups excluding carboxylic acids is 1. The number of ether oxygens (including phenoxy) is 1. The predicted molar refractivity (Wildman–Crippen MR) is 125 cm³/mol. The molecule has 0 amide bonds. The van der Waals surface area contributed by atoms with Crippen LogP contribution in [0.2, 0.25) is 0 Å². The Labute approximate surface area is 189 Å². The third-order valence-electron chi connectivity index (χ3n) is 5.22. The van der Waals surface area contributed by atoms with Gasteiger partial charge in [-0.15, -0.1) is 0 Å². The number of anilines is 2. The lowest BCUT2D eigenvalue weighted by Gasteiger charge is -2.26. The number of pyridine rings is 1. The number of aromatic hydroxyl groups is 1. The molecule has 0 aliphatic rings. The number of nitrogens with zero attached hydrogens (tertiary/aromatic N) is 3. The molecule has 0 atom stereocenters. The SMILES string of the molecule is CCOC(=O)c1ccc(N(Cc2ccc3cccnc3c2O)c2ccc([N+](=O)[O-])cc2)cc1. The molecule has 4 aromatic rings. The Kier molecular flexibility index (Phi) is 6.17. The number of aromatic nitrogens is 1. The summed E-state index contributed by atoms with van der Waals surface area (Å²) >= 11 is 0. The van der Waals surface area contributed by atoms with Crippen molar-refractivity contribution in [3.05, 3.63) is 100 Å². The summed E-state index contributed by atoms with van der Waals surface area (Å²) < 4.78 is 5.04. The number of hydrogen-bond donors (Lipinski definition) is 1. The summed E-state index contributed by atoms with van der Waals surface area (Å²) in [7, 11) is 0. The molecular weight excluding hydrogens is 422 g/mol. The van der Waals surface area contributed by atoms with Crippen molar-refractivity contribution in [1.29, 1.82) is 0 Å². The van der Waals surface area contributed by atoms with Gasteiger partial charge < -0.3 is 14.7 Å². The maximum absolute atomic E-state index is 12.0.